The summed E-state index contributed by atoms with van der Waals surface area (Å²) in [6, 6.07) is 6.79. The molecule has 1 N–H and O–H groups in total. The van der Waals surface area contributed by atoms with Gasteiger partial charge in [-0.3, -0.25) is 0 Å². The molecular weight excluding hydrogens is 249 g/mol. The lowest BCUT2D eigenvalue weighted by molar-refractivity contribution is 0.622. The minimum absolute atomic E-state index is 0.198. The summed E-state index contributed by atoms with van der Waals surface area (Å²) < 4.78 is 13.6. The Morgan fingerprint density at radius 3 is 2.89 bits per heavy atom. The molecule has 0 fully saturated rings. The Bertz CT molecular complexity index is 512. The number of aromatic nitrogens is 1. The van der Waals surface area contributed by atoms with Crippen molar-refractivity contribution in [2.45, 2.75) is 13.5 Å². The van der Waals surface area contributed by atoms with Gasteiger partial charge in [-0.15, -0.1) is 11.3 Å². The maximum absolute atomic E-state index is 13.6. The van der Waals surface area contributed by atoms with Crippen LogP contribution >= 0.6 is 11.3 Å². The van der Waals surface area contributed by atoms with E-state index in [2.05, 4.69) is 10.3 Å². The molecule has 2 aromatic rings. The molecular formula is C13H16FN3S. The summed E-state index contributed by atoms with van der Waals surface area (Å²) in [7, 11) is 1.88. The number of hydrogen-bond donors (Lipinski definition) is 1. The largest absolute Gasteiger partial charge is 0.367 e. The van der Waals surface area contributed by atoms with E-state index in [1.807, 2.05) is 31.1 Å². The van der Waals surface area contributed by atoms with E-state index in [1.54, 1.807) is 23.5 Å². The summed E-state index contributed by atoms with van der Waals surface area (Å²) >= 11 is 1.60. The second kappa shape index (κ2) is 5.82. The topological polar surface area (TPSA) is 28.2 Å². The van der Waals surface area contributed by atoms with E-state index in [9.17, 15) is 4.39 Å². The number of halogens is 1. The Balaban J connectivity index is 2.06. The molecule has 0 unspecified atom stereocenters. The summed E-state index contributed by atoms with van der Waals surface area (Å²) in [6.07, 6.45) is 1.83. The molecule has 2 rings (SSSR count). The van der Waals surface area contributed by atoms with Gasteiger partial charge in [0.1, 0.15) is 5.82 Å². The van der Waals surface area contributed by atoms with Crippen molar-refractivity contribution in [2.24, 2.45) is 0 Å². The number of anilines is 2. The van der Waals surface area contributed by atoms with Crippen molar-refractivity contribution in [3.8, 4) is 0 Å². The number of nitrogens with zero attached hydrogens (tertiary/aromatic N) is 2. The van der Waals surface area contributed by atoms with Gasteiger partial charge in [0, 0.05) is 24.7 Å². The van der Waals surface area contributed by atoms with Gasteiger partial charge in [-0.25, -0.2) is 9.37 Å². The first-order valence-electron chi connectivity index (χ1n) is 5.85. The number of para-hydroxylation sites is 1. The van der Waals surface area contributed by atoms with Crippen molar-refractivity contribution in [1.82, 2.24) is 4.98 Å². The fraction of sp³-hybridized carbons (Fsp3) is 0.308. The first-order valence-corrected chi connectivity index (χ1v) is 6.66. The van der Waals surface area contributed by atoms with Crippen LogP contribution in [0.5, 0.6) is 0 Å². The fourth-order valence-corrected chi connectivity index (χ4v) is 2.63. The quantitative estimate of drug-likeness (QED) is 0.898. The normalized spacial score (nSPS) is 10.4. The minimum atomic E-state index is -0.198. The summed E-state index contributed by atoms with van der Waals surface area (Å²) in [5.74, 6) is -0.198. The maximum atomic E-state index is 13.6. The van der Waals surface area contributed by atoms with Gasteiger partial charge >= 0.3 is 0 Å². The molecule has 1 aromatic heterocycles. The van der Waals surface area contributed by atoms with Crippen LogP contribution in [0.4, 0.5) is 15.2 Å². The highest BCUT2D eigenvalue weighted by molar-refractivity contribution is 7.15. The summed E-state index contributed by atoms with van der Waals surface area (Å²) in [4.78, 5) is 7.26. The second-order valence-electron chi connectivity index (χ2n) is 3.97. The molecule has 0 saturated heterocycles. The van der Waals surface area contributed by atoms with Crippen LogP contribution in [-0.4, -0.2) is 18.6 Å². The monoisotopic (exact) mass is 265 g/mol. The van der Waals surface area contributed by atoms with Crippen LogP contribution in [0.15, 0.2) is 30.5 Å². The van der Waals surface area contributed by atoms with Crippen LogP contribution in [0, 0.1) is 5.82 Å². The Kier molecular flexibility index (Phi) is 4.15. The highest BCUT2D eigenvalue weighted by atomic mass is 32.1. The first-order chi connectivity index (χ1) is 8.70. The highest BCUT2D eigenvalue weighted by Gasteiger charge is 2.09. The van der Waals surface area contributed by atoms with Gasteiger partial charge in [0.15, 0.2) is 5.13 Å². The zero-order valence-electron chi connectivity index (χ0n) is 10.5. The second-order valence-corrected chi connectivity index (χ2v) is 5.08. The lowest BCUT2D eigenvalue weighted by Crippen LogP contribution is -2.16. The minimum Gasteiger partial charge on any atom is -0.367 e. The molecule has 1 aromatic carbocycles. The SMILES string of the molecule is CCNc1ncc(CN(C)c2ccccc2F)s1. The number of benzene rings is 1. The highest BCUT2D eigenvalue weighted by Crippen LogP contribution is 2.23. The van der Waals surface area contributed by atoms with E-state index < -0.39 is 0 Å². The molecule has 0 radical (unpaired) electrons. The van der Waals surface area contributed by atoms with Crippen molar-refractivity contribution in [3.05, 3.63) is 41.2 Å². The zero-order chi connectivity index (χ0) is 13.0. The van der Waals surface area contributed by atoms with E-state index in [-0.39, 0.29) is 5.82 Å². The van der Waals surface area contributed by atoms with E-state index in [1.165, 1.54) is 6.07 Å². The lowest BCUT2D eigenvalue weighted by atomic mass is 10.3. The van der Waals surface area contributed by atoms with Crippen LogP contribution in [0.3, 0.4) is 0 Å². The molecule has 3 nitrogen and oxygen atoms in total. The molecule has 18 heavy (non-hydrogen) atoms. The van der Waals surface area contributed by atoms with Crippen LogP contribution in [-0.2, 0) is 6.54 Å². The smallest absolute Gasteiger partial charge is 0.182 e. The van der Waals surface area contributed by atoms with Gasteiger partial charge in [0.25, 0.3) is 0 Å². The zero-order valence-corrected chi connectivity index (χ0v) is 11.3. The molecule has 0 spiro atoms. The number of thiazole rings is 1. The van der Waals surface area contributed by atoms with Gasteiger partial charge in [-0.05, 0) is 19.1 Å². The molecule has 0 saturated carbocycles. The van der Waals surface area contributed by atoms with Gasteiger partial charge in [0.2, 0.25) is 0 Å². The Morgan fingerprint density at radius 2 is 2.17 bits per heavy atom. The molecule has 0 bridgehead atoms. The van der Waals surface area contributed by atoms with Crippen molar-refractivity contribution in [1.29, 1.82) is 0 Å². The van der Waals surface area contributed by atoms with Gasteiger partial charge in [-0.1, -0.05) is 12.1 Å². The van der Waals surface area contributed by atoms with Crippen molar-refractivity contribution >= 4 is 22.2 Å². The molecule has 96 valence electrons. The summed E-state index contributed by atoms with van der Waals surface area (Å²) in [6.45, 7) is 3.55. The van der Waals surface area contributed by atoms with Crippen LogP contribution in [0.1, 0.15) is 11.8 Å². The van der Waals surface area contributed by atoms with E-state index >= 15 is 0 Å². The predicted molar refractivity (Wildman–Crippen MR) is 74.8 cm³/mol. The number of hydrogen-bond acceptors (Lipinski definition) is 4. The van der Waals surface area contributed by atoms with Crippen molar-refractivity contribution in [2.75, 3.05) is 23.8 Å². The molecule has 0 amide bonds. The van der Waals surface area contributed by atoms with Crippen molar-refractivity contribution in [3.63, 3.8) is 0 Å². The molecule has 5 heteroatoms. The van der Waals surface area contributed by atoms with E-state index in [0.717, 1.165) is 16.6 Å². The molecule has 1 heterocycles. The number of nitrogens with one attached hydrogen (secondary N) is 1. The summed E-state index contributed by atoms with van der Waals surface area (Å²) in [5.41, 5.74) is 0.607. The molecule has 0 aliphatic rings. The van der Waals surface area contributed by atoms with Gasteiger partial charge < -0.3 is 10.2 Å². The molecule has 0 aliphatic carbocycles. The fourth-order valence-electron chi connectivity index (χ4n) is 1.69. The number of rotatable bonds is 5. The van der Waals surface area contributed by atoms with E-state index in [0.29, 0.717) is 12.2 Å². The average molecular weight is 265 g/mol. The Morgan fingerprint density at radius 1 is 1.39 bits per heavy atom. The van der Waals surface area contributed by atoms with Gasteiger partial charge in [0.05, 0.1) is 12.2 Å². The average Bonchev–Trinajstić information content (AvgIpc) is 2.77. The lowest BCUT2D eigenvalue weighted by Gasteiger charge is -2.18. The van der Waals surface area contributed by atoms with Crippen molar-refractivity contribution < 1.29 is 4.39 Å². The van der Waals surface area contributed by atoms with Gasteiger partial charge in [-0.2, -0.15) is 0 Å². The third-order valence-corrected chi connectivity index (χ3v) is 3.48. The van der Waals surface area contributed by atoms with E-state index in [4.69, 9.17) is 0 Å². The molecule has 0 atom stereocenters. The molecule has 0 aliphatic heterocycles. The summed E-state index contributed by atoms with van der Waals surface area (Å²) in [5, 5.41) is 4.08. The van der Waals surface area contributed by atoms with Crippen LogP contribution < -0.4 is 10.2 Å². The third kappa shape index (κ3) is 2.98. The Labute approximate surface area is 110 Å². The third-order valence-electron chi connectivity index (χ3n) is 2.54. The van der Waals surface area contributed by atoms with Crippen LogP contribution in [0.2, 0.25) is 0 Å². The first kappa shape index (κ1) is 12.8. The Hall–Kier alpha value is -1.62. The van der Waals surface area contributed by atoms with Crippen LogP contribution in [0.25, 0.3) is 0 Å². The standard InChI is InChI=1S/C13H16FN3S/c1-3-15-13-16-8-10(18-13)9-17(2)12-7-5-4-6-11(12)14/h4-8H,3,9H2,1-2H3,(H,15,16). The predicted octanol–water partition coefficient (Wildman–Crippen LogP) is 3.35. The maximum Gasteiger partial charge on any atom is 0.182 e.